The van der Waals surface area contributed by atoms with Gasteiger partial charge in [-0.2, -0.15) is 0 Å². The van der Waals surface area contributed by atoms with Crippen LogP contribution in [0, 0.1) is 13.8 Å². The second-order valence-electron chi connectivity index (χ2n) is 9.53. The Morgan fingerprint density at radius 2 is 1.41 bits per heavy atom. The molecule has 41 heavy (non-hydrogen) atoms. The van der Waals surface area contributed by atoms with E-state index in [1.54, 1.807) is 66.7 Å². The number of hydrogen-bond acceptors (Lipinski definition) is 4. The average molecular weight is 584 g/mol. The molecule has 0 fully saturated rings. The number of halogens is 1. The predicted molar refractivity (Wildman–Crippen MR) is 168 cm³/mol. The van der Waals surface area contributed by atoms with Crippen LogP contribution in [-0.2, 0) is 9.59 Å². The smallest absolute Gasteiger partial charge is 0.272 e. The first kappa shape index (κ1) is 29.6. The van der Waals surface area contributed by atoms with Crippen LogP contribution in [0.25, 0.3) is 6.08 Å². The predicted octanol–water partition coefficient (Wildman–Crippen LogP) is 7.49. The minimum Gasteiger partial charge on any atom is -0.325 e. The van der Waals surface area contributed by atoms with Crippen molar-refractivity contribution in [2.24, 2.45) is 0 Å². The Hall–Kier alpha value is -4.33. The monoisotopic (exact) mass is 583 g/mol. The molecule has 0 saturated heterocycles. The van der Waals surface area contributed by atoms with E-state index < -0.39 is 11.8 Å². The van der Waals surface area contributed by atoms with E-state index in [-0.39, 0.29) is 16.9 Å². The summed E-state index contributed by atoms with van der Waals surface area (Å²) in [7, 11) is 0. The van der Waals surface area contributed by atoms with Crippen molar-refractivity contribution in [3.05, 3.63) is 130 Å². The van der Waals surface area contributed by atoms with Gasteiger partial charge in [-0.05, 0) is 104 Å². The molecular formula is C33H30ClN3O3S. The van der Waals surface area contributed by atoms with Crippen molar-refractivity contribution in [3.63, 3.8) is 0 Å². The van der Waals surface area contributed by atoms with E-state index in [0.717, 1.165) is 21.7 Å². The molecule has 3 N–H and O–H groups in total. The number of rotatable bonds is 9. The highest BCUT2D eigenvalue weighted by atomic mass is 35.5. The zero-order chi connectivity index (χ0) is 29.4. The van der Waals surface area contributed by atoms with Crippen molar-refractivity contribution < 1.29 is 14.4 Å². The number of thioether (sulfide) groups is 1. The Morgan fingerprint density at radius 1 is 0.780 bits per heavy atom. The van der Waals surface area contributed by atoms with Crippen LogP contribution in [0.2, 0.25) is 5.02 Å². The van der Waals surface area contributed by atoms with Gasteiger partial charge in [0.25, 0.3) is 11.8 Å². The highest BCUT2D eigenvalue weighted by molar-refractivity contribution is 8.00. The molecule has 0 radical (unpaired) electrons. The van der Waals surface area contributed by atoms with E-state index in [0.29, 0.717) is 21.8 Å². The fourth-order valence-electron chi connectivity index (χ4n) is 4.03. The van der Waals surface area contributed by atoms with Gasteiger partial charge in [0.2, 0.25) is 5.91 Å². The molecule has 6 nitrogen and oxygen atoms in total. The summed E-state index contributed by atoms with van der Waals surface area (Å²) in [5.41, 5.74) is 4.71. The van der Waals surface area contributed by atoms with Crippen molar-refractivity contribution in [2.75, 3.05) is 10.6 Å². The van der Waals surface area contributed by atoms with Gasteiger partial charge < -0.3 is 16.0 Å². The number of carbonyl (C=O) groups excluding carboxylic acids is 3. The van der Waals surface area contributed by atoms with Crippen molar-refractivity contribution in [3.8, 4) is 0 Å². The third-order valence-corrected chi connectivity index (χ3v) is 7.36. The normalized spacial score (nSPS) is 11.9. The summed E-state index contributed by atoms with van der Waals surface area (Å²) in [6.45, 7) is 5.84. The molecule has 4 aromatic carbocycles. The molecule has 0 aliphatic carbocycles. The maximum absolute atomic E-state index is 13.2. The first-order valence-electron chi connectivity index (χ1n) is 13.0. The van der Waals surface area contributed by atoms with Gasteiger partial charge in [0, 0.05) is 26.9 Å². The molecule has 1 unspecified atom stereocenters. The Morgan fingerprint density at radius 3 is 2.05 bits per heavy atom. The number of benzene rings is 4. The third-order valence-electron chi connectivity index (χ3n) is 5.99. The van der Waals surface area contributed by atoms with Crippen LogP contribution in [0.5, 0.6) is 0 Å². The van der Waals surface area contributed by atoms with E-state index >= 15 is 0 Å². The Kier molecular flexibility index (Phi) is 10.0. The van der Waals surface area contributed by atoms with Crippen LogP contribution < -0.4 is 16.0 Å². The number of nitrogens with one attached hydrogen (secondary N) is 3. The summed E-state index contributed by atoms with van der Waals surface area (Å²) < 4.78 is 0. The first-order chi connectivity index (χ1) is 19.7. The summed E-state index contributed by atoms with van der Waals surface area (Å²) in [5, 5.41) is 8.77. The lowest BCUT2D eigenvalue weighted by Crippen LogP contribution is -2.30. The zero-order valence-corrected chi connectivity index (χ0v) is 24.5. The summed E-state index contributed by atoms with van der Waals surface area (Å²) >= 11 is 7.42. The SMILES string of the molecule is Cc1cc(C)cc(NC(=O)C(C)Sc2ccc(NC(=O)/C(=C/c3ccc(Cl)cc3)NC(=O)c3ccccc3)cc2)c1. The van der Waals surface area contributed by atoms with Crippen molar-refractivity contribution in [1.29, 1.82) is 0 Å². The van der Waals surface area contributed by atoms with Gasteiger partial charge in [-0.25, -0.2) is 0 Å². The van der Waals surface area contributed by atoms with Gasteiger partial charge in [0.15, 0.2) is 0 Å². The Bertz CT molecular complexity index is 1550. The minimum absolute atomic E-state index is 0.0799. The van der Waals surface area contributed by atoms with Crippen molar-refractivity contribution in [1.82, 2.24) is 5.32 Å². The van der Waals surface area contributed by atoms with E-state index in [1.807, 2.05) is 51.1 Å². The number of amides is 3. The zero-order valence-electron chi connectivity index (χ0n) is 22.9. The molecule has 0 bridgehead atoms. The average Bonchev–Trinajstić information content (AvgIpc) is 2.94. The van der Waals surface area contributed by atoms with Crippen molar-refractivity contribution in [2.45, 2.75) is 30.9 Å². The molecule has 4 aromatic rings. The van der Waals surface area contributed by atoms with Crippen LogP contribution in [0.3, 0.4) is 0 Å². The fraction of sp³-hybridized carbons (Fsp3) is 0.121. The number of carbonyl (C=O) groups is 3. The lowest BCUT2D eigenvalue weighted by molar-refractivity contribution is -0.115. The molecule has 208 valence electrons. The molecule has 0 aliphatic heterocycles. The molecule has 8 heteroatoms. The topological polar surface area (TPSA) is 87.3 Å². The number of anilines is 2. The summed E-state index contributed by atoms with van der Waals surface area (Å²) in [6.07, 6.45) is 1.59. The Labute approximate surface area is 249 Å². The highest BCUT2D eigenvalue weighted by Crippen LogP contribution is 2.26. The van der Waals surface area contributed by atoms with Gasteiger partial charge >= 0.3 is 0 Å². The molecule has 0 heterocycles. The second kappa shape index (κ2) is 13.8. The fourth-order valence-corrected chi connectivity index (χ4v) is 5.03. The molecule has 3 amide bonds. The van der Waals surface area contributed by atoms with E-state index in [2.05, 4.69) is 22.0 Å². The lowest BCUT2D eigenvalue weighted by Gasteiger charge is -2.14. The maximum atomic E-state index is 13.2. The molecular weight excluding hydrogens is 554 g/mol. The van der Waals surface area contributed by atoms with Crippen LogP contribution >= 0.6 is 23.4 Å². The molecule has 0 saturated carbocycles. The van der Waals surface area contributed by atoms with Gasteiger partial charge in [-0.3, -0.25) is 14.4 Å². The number of hydrogen-bond donors (Lipinski definition) is 3. The highest BCUT2D eigenvalue weighted by Gasteiger charge is 2.17. The van der Waals surface area contributed by atoms with Gasteiger partial charge in [0.1, 0.15) is 5.70 Å². The van der Waals surface area contributed by atoms with Gasteiger partial charge in [-0.15, -0.1) is 11.8 Å². The molecule has 4 rings (SSSR count). The minimum atomic E-state index is -0.481. The lowest BCUT2D eigenvalue weighted by atomic mass is 10.1. The van der Waals surface area contributed by atoms with Crippen LogP contribution in [-0.4, -0.2) is 23.0 Å². The Balaban J connectivity index is 1.42. The van der Waals surface area contributed by atoms with Crippen LogP contribution in [0.1, 0.15) is 34.0 Å². The summed E-state index contributed by atoms with van der Waals surface area (Å²) in [6, 6.07) is 28.7. The molecule has 1 atom stereocenters. The summed E-state index contributed by atoms with van der Waals surface area (Å²) in [4.78, 5) is 39.7. The standard InChI is InChI=1S/C33H30ClN3O3S/c1-21-17-22(2)19-28(18-21)36-31(38)23(3)41-29-15-13-27(14-16-29)35-33(40)30(20-24-9-11-26(34)12-10-24)37-32(39)25-7-5-4-6-8-25/h4-20,23H,1-3H3,(H,35,40)(H,36,38)(H,37,39)/b30-20-. The summed E-state index contributed by atoms with van der Waals surface area (Å²) in [5.74, 6) is -0.977. The molecule has 0 spiro atoms. The van der Waals surface area contributed by atoms with E-state index in [4.69, 9.17) is 11.6 Å². The third kappa shape index (κ3) is 8.83. The first-order valence-corrected chi connectivity index (χ1v) is 14.2. The molecule has 0 aliphatic rings. The second-order valence-corrected chi connectivity index (χ2v) is 11.4. The number of aryl methyl sites for hydroxylation is 2. The maximum Gasteiger partial charge on any atom is 0.272 e. The van der Waals surface area contributed by atoms with E-state index in [9.17, 15) is 14.4 Å². The quantitative estimate of drug-likeness (QED) is 0.141. The van der Waals surface area contributed by atoms with Crippen molar-refractivity contribution >= 4 is 58.5 Å². The van der Waals surface area contributed by atoms with E-state index in [1.165, 1.54) is 11.8 Å². The molecule has 0 aromatic heterocycles. The largest absolute Gasteiger partial charge is 0.325 e. The van der Waals surface area contributed by atoms with Crippen LogP contribution in [0.15, 0.2) is 108 Å². The van der Waals surface area contributed by atoms with Gasteiger partial charge in [0.05, 0.1) is 5.25 Å². The van der Waals surface area contributed by atoms with Gasteiger partial charge in [-0.1, -0.05) is 48.0 Å². The van der Waals surface area contributed by atoms with Crippen LogP contribution in [0.4, 0.5) is 11.4 Å².